The van der Waals surface area contributed by atoms with Crippen molar-refractivity contribution in [2.75, 3.05) is 5.32 Å². The number of fused-ring (bicyclic) bond motifs is 1. The third kappa shape index (κ3) is 2.48. The van der Waals surface area contributed by atoms with Crippen LogP contribution in [0.3, 0.4) is 0 Å². The van der Waals surface area contributed by atoms with Gasteiger partial charge in [-0.1, -0.05) is 19.8 Å². The summed E-state index contributed by atoms with van der Waals surface area (Å²) in [6.07, 6.45) is 5.90. The zero-order valence-corrected chi connectivity index (χ0v) is 11.6. The minimum atomic E-state index is 0.164. The first-order valence-electron chi connectivity index (χ1n) is 7.34. The van der Waals surface area contributed by atoms with Crippen molar-refractivity contribution >= 4 is 11.7 Å². The van der Waals surface area contributed by atoms with E-state index < -0.39 is 0 Å². The second-order valence-corrected chi connectivity index (χ2v) is 5.77. The summed E-state index contributed by atoms with van der Waals surface area (Å²) >= 11 is 0. The van der Waals surface area contributed by atoms with Gasteiger partial charge in [0.2, 0.25) is 5.91 Å². The molecule has 4 heteroatoms. The van der Waals surface area contributed by atoms with E-state index in [1.54, 1.807) is 0 Å². The van der Waals surface area contributed by atoms with Crippen molar-refractivity contribution in [2.45, 2.75) is 46.0 Å². The summed E-state index contributed by atoms with van der Waals surface area (Å²) in [6.45, 7) is 3.93. The molecule has 0 spiro atoms. The predicted octanol–water partition coefficient (Wildman–Crippen LogP) is 2.72. The molecule has 1 aromatic heterocycles. The third-order valence-electron chi connectivity index (χ3n) is 4.46. The SMILES string of the molecule is CCc1cc(NC(=O)C2C3CCCCC32)nc(C)n1. The molecule has 4 nitrogen and oxygen atoms in total. The molecule has 1 heterocycles. The van der Waals surface area contributed by atoms with Crippen LogP contribution in [0.15, 0.2) is 6.07 Å². The Bertz CT molecular complexity index is 488. The number of carbonyl (C=O) groups is 1. The van der Waals surface area contributed by atoms with E-state index >= 15 is 0 Å². The van der Waals surface area contributed by atoms with Crippen LogP contribution in [0.5, 0.6) is 0 Å². The number of nitrogens with zero attached hydrogens (tertiary/aromatic N) is 2. The first-order chi connectivity index (χ1) is 9.19. The zero-order valence-electron chi connectivity index (χ0n) is 11.6. The van der Waals surface area contributed by atoms with Gasteiger partial charge in [-0.2, -0.15) is 0 Å². The molecule has 1 aromatic rings. The Kier molecular flexibility index (Phi) is 3.25. The second-order valence-electron chi connectivity index (χ2n) is 5.77. The molecule has 0 bridgehead atoms. The summed E-state index contributed by atoms with van der Waals surface area (Å²) in [5.41, 5.74) is 0.982. The molecule has 19 heavy (non-hydrogen) atoms. The van der Waals surface area contributed by atoms with Gasteiger partial charge >= 0.3 is 0 Å². The summed E-state index contributed by atoms with van der Waals surface area (Å²) < 4.78 is 0. The van der Waals surface area contributed by atoms with Crippen LogP contribution in [0.25, 0.3) is 0 Å². The number of anilines is 1. The normalized spacial score (nSPS) is 28.6. The number of hydrogen-bond donors (Lipinski definition) is 1. The lowest BCUT2D eigenvalue weighted by Gasteiger charge is -2.06. The Balaban J connectivity index is 1.68. The molecule has 1 N–H and O–H groups in total. The number of nitrogens with one attached hydrogen (secondary N) is 1. The molecular weight excluding hydrogens is 238 g/mol. The number of hydrogen-bond acceptors (Lipinski definition) is 3. The van der Waals surface area contributed by atoms with Gasteiger partial charge in [0.15, 0.2) is 0 Å². The van der Waals surface area contributed by atoms with E-state index in [-0.39, 0.29) is 11.8 Å². The predicted molar refractivity (Wildman–Crippen MR) is 73.7 cm³/mol. The molecule has 3 rings (SSSR count). The van der Waals surface area contributed by atoms with Gasteiger partial charge in [-0.15, -0.1) is 0 Å². The Morgan fingerprint density at radius 3 is 2.63 bits per heavy atom. The van der Waals surface area contributed by atoms with Crippen LogP contribution in [-0.4, -0.2) is 15.9 Å². The van der Waals surface area contributed by atoms with E-state index in [0.717, 1.165) is 17.9 Å². The highest BCUT2D eigenvalue weighted by atomic mass is 16.2. The highest BCUT2D eigenvalue weighted by Gasteiger charge is 2.54. The average molecular weight is 259 g/mol. The molecular formula is C15H21N3O. The quantitative estimate of drug-likeness (QED) is 0.908. The average Bonchev–Trinajstić information content (AvgIpc) is 3.12. The summed E-state index contributed by atoms with van der Waals surface area (Å²) in [5.74, 6) is 3.07. The molecule has 2 atom stereocenters. The van der Waals surface area contributed by atoms with Gasteiger partial charge < -0.3 is 5.32 Å². The van der Waals surface area contributed by atoms with Gasteiger partial charge in [0.25, 0.3) is 0 Å². The molecule has 1 amide bonds. The van der Waals surface area contributed by atoms with Crippen LogP contribution in [0, 0.1) is 24.7 Å². The highest BCUT2D eigenvalue weighted by molar-refractivity contribution is 5.94. The van der Waals surface area contributed by atoms with Crippen LogP contribution in [-0.2, 0) is 11.2 Å². The Hall–Kier alpha value is -1.45. The smallest absolute Gasteiger partial charge is 0.229 e. The van der Waals surface area contributed by atoms with Gasteiger partial charge in [-0.3, -0.25) is 4.79 Å². The summed E-state index contributed by atoms with van der Waals surface area (Å²) in [6, 6.07) is 1.89. The Morgan fingerprint density at radius 1 is 1.32 bits per heavy atom. The number of carbonyl (C=O) groups excluding carboxylic acids is 1. The third-order valence-corrected chi connectivity index (χ3v) is 4.46. The largest absolute Gasteiger partial charge is 0.310 e. The molecule has 0 saturated heterocycles. The topological polar surface area (TPSA) is 54.9 Å². The first-order valence-corrected chi connectivity index (χ1v) is 7.34. The number of amides is 1. The van der Waals surface area contributed by atoms with Crippen molar-refractivity contribution in [1.82, 2.24) is 9.97 Å². The van der Waals surface area contributed by atoms with Gasteiger partial charge in [-0.25, -0.2) is 9.97 Å². The van der Waals surface area contributed by atoms with Crippen LogP contribution in [0.1, 0.15) is 44.1 Å². The lowest BCUT2D eigenvalue weighted by molar-refractivity contribution is -0.117. The standard InChI is InChI=1S/C15H21N3O/c1-3-10-8-13(17-9(2)16-10)18-15(19)14-11-6-4-5-7-12(11)14/h8,11-12,14H,3-7H2,1-2H3,(H,16,17,18,19). The Morgan fingerprint density at radius 2 is 2.00 bits per heavy atom. The maximum absolute atomic E-state index is 12.3. The highest BCUT2D eigenvalue weighted by Crippen LogP contribution is 2.55. The summed E-state index contributed by atoms with van der Waals surface area (Å²) in [5, 5.41) is 2.99. The van der Waals surface area contributed by atoms with E-state index in [1.807, 2.05) is 13.0 Å². The van der Waals surface area contributed by atoms with Gasteiger partial charge in [0, 0.05) is 17.7 Å². The van der Waals surface area contributed by atoms with Crippen molar-refractivity contribution in [2.24, 2.45) is 17.8 Å². The molecule has 102 valence electrons. The van der Waals surface area contributed by atoms with Gasteiger partial charge in [0.1, 0.15) is 11.6 Å². The molecule has 2 aliphatic rings. The maximum Gasteiger partial charge on any atom is 0.229 e. The van der Waals surface area contributed by atoms with E-state index in [1.165, 1.54) is 25.7 Å². The molecule has 0 aliphatic heterocycles. The van der Waals surface area contributed by atoms with Crippen molar-refractivity contribution in [3.63, 3.8) is 0 Å². The van der Waals surface area contributed by atoms with E-state index in [2.05, 4.69) is 22.2 Å². The lowest BCUT2D eigenvalue weighted by Crippen LogP contribution is -2.17. The molecule has 2 fully saturated rings. The van der Waals surface area contributed by atoms with Crippen LogP contribution < -0.4 is 5.32 Å². The van der Waals surface area contributed by atoms with Crippen LogP contribution in [0.2, 0.25) is 0 Å². The minimum absolute atomic E-state index is 0.164. The molecule has 2 unspecified atom stereocenters. The summed E-state index contributed by atoms with van der Waals surface area (Å²) in [4.78, 5) is 20.9. The fourth-order valence-corrected chi connectivity index (χ4v) is 3.47. The minimum Gasteiger partial charge on any atom is -0.310 e. The van der Waals surface area contributed by atoms with E-state index in [9.17, 15) is 4.79 Å². The van der Waals surface area contributed by atoms with E-state index in [4.69, 9.17) is 0 Å². The van der Waals surface area contributed by atoms with Crippen LogP contribution >= 0.6 is 0 Å². The zero-order chi connectivity index (χ0) is 13.4. The van der Waals surface area contributed by atoms with Gasteiger partial charge in [0.05, 0.1) is 0 Å². The number of aromatic nitrogens is 2. The van der Waals surface area contributed by atoms with Crippen molar-refractivity contribution in [1.29, 1.82) is 0 Å². The van der Waals surface area contributed by atoms with Crippen molar-refractivity contribution in [3.8, 4) is 0 Å². The monoisotopic (exact) mass is 259 g/mol. The van der Waals surface area contributed by atoms with Crippen molar-refractivity contribution < 1.29 is 4.79 Å². The van der Waals surface area contributed by atoms with Crippen molar-refractivity contribution in [3.05, 3.63) is 17.6 Å². The maximum atomic E-state index is 12.3. The molecule has 2 saturated carbocycles. The molecule has 0 aromatic carbocycles. The number of rotatable bonds is 3. The fraction of sp³-hybridized carbons (Fsp3) is 0.667. The second kappa shape index (κ2) is 4.91. The first kappa shape index (κ1) is 12.6. The summed E-state index contributed by atoms with van der Waals surface area (Å²) in [7, 11) is 0. The number of aryl methyl sites for hydroxylation is 2. The van der Waals surface area contributed by atoms with Crippen LogP contribution in [0.4, 0.5) is 5.82 Å². The Labute approximate surface area is 114 Å². The lowest BCUT2D eigenvalue weighted by atomic mass is 10.0. The van der Waals surface area contributed by atoms with Gasteiger partial charge in [-0.05, 0) is 38.0 Å². The fourth-order valence-electron chi connectivity index (χ4n) is 3.47. The van der Waals surface area contributed by atoms with E-state index in [0.29, 0.717) is 17.7 Å². The molecule has 2 aliphatic carbocycles. The molecule has 0 radical (unpaired) electrons.